The summed E-state index contributed by atoms with van der Waals surface area (Å²) < 4.78 is 5.55. The first-order chi connectivity index (χ1) is 6.92. The average molecular weight is 193 g/mol. The molecule has 14 heavy (non-hydrogen) atoms. The fourth-order valence-corrected chi connectivity index (χ4v) is 1.66. The van der Waals surface area contributed by atoms with Gasteiger partial charge in [0.25, 0.3) is 0 Å². The second-order valence-corrected chi connectivity index (χ2v) is 3.33. The molecule has 0 aromatic heterocycles. The maximum atomic E-state index is 5.55. The first-order valence-corrected chi connectivity index (χ1v) is 4.98. The summed E-state index contributed by atoms with van der Waals surface area (Å²) in [6, 6.07) is 8.16. The number of para-hydroxylation sites is 1. The number of rotatable bonds is 4. The number of nitrogens with one attached hydrogen (secondary N) is 1. The third-order valence-electron chi connectivity index (χ3n) is 2.37. The number of hydroxylamine groups is 1. The van der Waals surface area contributed by atoms with Crippen LogP contribution in [-0.2, 0) is 4.84 Å². The first kappa shape index (κ1) is 9.49. The summed E-state index contributed by atoms with van der Waals surface area (Å²) in [5.41, 5.74) is 4.22. The summed E-state index contributed by atoms with van der Waals surface area (Å²) in [5, 5.41) is 0. The second-order valence-electron chi connectivity index (χ2n) is 3.33. The van der Waals surface area contributed by atoms with Gasteiger partial charge in [0.2, 0.25) is 0 Å². The highest BCUT2D eigenvalue weighted by molar-refractivity contribution is 5.39. The Morgan fingerprint density at radius 3 is 3.21 bits per heavy atom. The van der Waals surface area contributed by atoms with Crippen molar-refractivity contribution >= 4 is 0 Å². The van der Waals surface area contributed by atoms with Gasteiger partial charge < -0.3 is 9.57 Å². The molecule has 1 aliphatic rings. The Balaban J connectivity index is 1.96. The molecule has 3 nitrogen and oxygen atoms in total. The molecule has 0 amide bonds. The Kier molecular flexibility index (Phi) is 3.01. The maximum absolute atomic E-state index is 5.55. The molecule has 1 unspecified atom stereocenters. The lowest BCUT2D eigenvalue weighted by atomic mass is 10.0. The van der Waals surface area contributed by atoms with E-state index in [9.17, 15) is 0 Å². The van der Waals surface area contributed by atoms with Gasteiger partial charge in [0.15, 0.2) is 0 Å². The summed E-state index contributed by atoms with van der Waals surface area (Å²) in [6.07, 6.45) is 0. The van der Waals surface area contributed by atoms with Gasteiger partial charge in [-0.25, -0.2) is 5.48 Å². The molecule has 1 aliphatic heterocycles. The SMILES string of the molecule is CCONCC1COc2ccccc21. The van der Waals surface area contributed by atoms with E-state index in [0.29, 0.717) is 12.5 Å². The van der Waals surface area contributed by atoms with Crippen LogP contribution in [0.4, 0.5) is 0 Å². The molecule has 3 heteroatoms. The number of hydrogen-bond donors (Lipinski definition) is 1. The Morgan fingerprint density at radius 2 is 2.36 bits per heavy atom. The van der Waals surface area contributed by atoms with Gasteiger partial charge in [-0.05, 0) is 13.0 Å². The van der Waals surface area contributed by atoms with Gasteiger partial charge in [-0.2, -0.15) is 0 Å². The summed E-state index contributed by atoms with van der Waals surface area (Å²) in [6.45, 7) is 4.21. The van der Waals surface area contributed by atoms with E-state index in [0.717, 1.165) is 18.9 Å². The highest BCUT2D eigenvalue weighted by Crippen LogP contribution is 2.32. The van der Waals surface area contributed by atoms with E-state index in [1.165, 1.54) is 5.56 Å². The third kappa shape index (κ3) is 1.89. The van der Waals surface area contributed by atoms with Crippen LogP contribution < -0.4 is 10.2 Å². The third-order valence-corrected chi connectivity index (χ3v) is 2.37. The average Bonchev–Trinajstić information content (AvgIpc) is 2.63. The van der Waals surface area contributed by atoms with Crippen molar-refractivity contribution in [1.82, 2.24) is 5.48 Å². The maximum Gasteiger partial charge on any atom is 0.122 e. The van der Waals surface area contributed by atoms with Gasteiger partial charge in [0, 0.05) is 18.0 Å². The molecular weight excluding hydrogens is 178 g/mol. The Morgan fingerprint density at radius 1 is 1.50 bits per heavy atom. The summed E-state index contributed by atoms with van der Waals surface area (Å²) in [5.74, 6) is 1.42. The summed E-state index contributed by atoms with van der Waals surface area (Å²) in [7, 11) is 0. The molecule has 0 bridgehead atoms. The minimum absolute atomic E-state index is 0.415. The van der Waals surface area contributed by atoms with E-state index >= 15 is 0 Å². The Bertz CT molecular complexity index is 301. The predicted octanol–water partition coefficient (Wildman–Crippen LogP) is 1.70. The highest BCUT2D eigenvalue weighted by Gasteiger charge is 2.22. The smallest absolute Gasteiger partial charge is 0.122 e. The zero-order valence-electron chi connectivity index (χ0n) is 8.32. The molecule has 0 saturated carbocycles. The van der Waals surface area contributed by atoms with Gasteiger partial charge in [-0.1, -0.05) is 18.2 Å². The molecule has 1 N–H and O–H groups in total. The van der Waals surface area contributed by atoms with E-state index in [1.54, 1.807) is 0 Å². The van der Waals surface area contributed by atoms with Crippen molar-refractivity contribution in [2.24, 2.45) is 0 Å². The molecule has 1 atom stereocenters. The minimum atomic E-state index is 0.415. The van der Waals surface area contributed by atoms with Crippen LogP contribution in [0.1, 0.15) is 18.4 Å². The molecule has 0 saturated heterocycles. The Labute approximate surface area is 84.0 Å². The van der Waals surface area contributed by atoms with Crippen molar-refractivity contribution in [3.63, 3.8) is 0 Å². The molecular formula is C11H15NO2. The highest BCUT2D eigenvalue weighted by atomic mass is 16.6. The second kappa shape index (κ2) is 4.44. The lowest BCUT2D eigenvalue weighted by Gasteiger charge is -2.09. The number of ether oxygens (including phenoxy) is 1. The topological polar surface area (TPSA) is 30.5 Å². The van der Waals surface area contributed by atoms with E-state index in [-0.39, 0.29) is 0 Å². The summed E-state index contributed by atoms with van der Waals surface area (Å²) >= 11 is 0. The van der Waals surface area contributed by atoms with Crippen LogP contribution >= 0.6 is 0 Å². The summed E-state index contributed by atoms with van der Waals surface area (Å²) in [4.78, 5) is 5.10. The van der Waals surface area contributed by atoms with Crippen molar-refractivity contribution in [3.8, 4) is 5.75 Å². The standard InChI is InChI=1S/C11H15NO2/c1-2-14-12-7-9-8-13-11-6-4-3-5-10(9)11/h3-6,9,12H,2,7-8H2,1H3. The fourth-order valence-electron chi connectivity index (χ4n) is 1.66. The van der Waals surface area contributed by atoms with Crippen LogP contribution in [0.15, 0.2) is 24.3 Å². The molecule has 1 aromatic rings. The van der Waals surface area contributed by atoms with Gasteiger partial charge in [-0.3, -0.25) is 0 Å². The fraction of sp³-hybridized carbons (Fsp3) is 0.455. The molecule has 0 aliphatic carbocycles. The van der Waals surface area contributed by atoms with Crippen LogP contribution in [0.25, 0.3) is 0 Å². The normalized spacial score (nSPS) is 19.1. The number of hydrogen-bond acceptors (Lipinski definition) is 3. The predicted molar refractivity (Wildman–Crippen MR) is 54.3 cm³/mol. The monoisotopic (exact) mass is 193 g/mol. The van der Waals surface area contributed by atoms with E-state index in [1.807, 2.05) is 25.1 Å². The van der Waals surface area contributed by atoms with Crippen LogP contribution in [0, 0.1) is 0 Å². The van der Waals surface area contributed by atoms with Crippen molar-refractivity contribution in [1.29, 1.82) is 0 Å². The zero-order valence-corrected chi connectivity index (χ0v) is 8.32. The van der Waals surface area contributed by atoms with Gasteiger partial charge in [-0.15, -0.1) is 0 Å². The zero-order chi connectivity index (χ0) is 9.80. The van der Waals surface area contributed by atoms with Crippen LogP contribution in [0.2, 0.25) is 0 Å². The van der Waals surface area contributed by atoms with Gasteiger partial charge >= 0.3 is 0 Å². The first-order valence-electron chi connectivity index (χ1n) is 4.98. The molecule has 0 spiro atoms. The van der Waals surface area contributed by atoms with Crippen LogP contribution in [0.3, 0.4) is 0 Å². The molecule has 1 aromatic carbocycles. The minimum Gasteiger partial charge on any atom is -0.493 e. The molecule has 2 rings (SSSR count). The Hall–Kier alpha value is -1.06. The van der Waals surface area contributed by atoms with Crippen molar-refractivity contribution in [2.75, 3.05) is 19.8 Å². The van der Waals surface area contributed by atoms with E-state index in [2.05, 4.69) is 11.5 Å². The van der Waals surface area contributed by atoms with Crippen LogP contribution in [0.5, 0.6) is 5.75 Å². The van der Waals surface area contributed by atoms with E-state index in [4.69, 9.17) is 9.57 Å². The lowest BCUT2D eigenvalue weighted by molar-refractivity contribution is 0.0459. The number of fused-ring (bicyclic) bond motifs is 1. The van der Waals surface area contributed by atoms with E-state index < -0.39 is 0 Å². The van der Waals surface area contributed by atoms with Crippen molar-refractivity contribution in [3.05, 3.63) is 29.8 Å². The quantitative estimate of drug-likeness (QED) is 0.583. The number of benzene rings is 1. The molecule has 1 heterocycles. The molecule has 0 radical (unpaired) electrons. The van der Waals surface area contributed by atoms with Gasteiger partial charge in [0.1, 0.15) is 5.75 Å². The van der Waals surface area contributed by atoms with Gasteiger partial charge in [0.05, 0.1) is 13.2 Å². The molecule has 76 valence electrons. The lowest BCUT2D eigenvalue weighted by Crippen LogP contribution is -2.22. The molecule has 0 fully saturated rings. The largest absolute Gasteiger partial charge is 0.493 e. The van der Waals surface area contributed by atoms with Crippen molar-refractivity contribution < 1.29 is 9.57 Å². The van der Waals surface area contributed by atoms with Crippen LogP contribution in [-0.4, -0.2) is 19.8 Å². The van der Waals surface area contributed by atoms with Crippen molar-refractivity contribution in [2.45, 2.75) is 12.8 Å².